The zero-order chi connectivity index (χ0) is 16.6. The maximum Gasteiger partial charge on any atom is 0.134 e. The Bertz CT molecular complexity index is 793. The number of aliphatic imine (C=N–C) groups is 1. The molecule has 3 aliphatic rings. The molecule has 4 heterocycles. The number of nitrogens with one attached hydrogen (secondary N) is 2. The maximum absolute atomic E-state index is 5.14. The Morgan fingerprint density at radius 1 is 1.00 bits per heavy atom. The highest BCUT2D eigenvalue weighted by molar-refractivity contribution is 6.09. The van der Waals surface area contributed by atoms with Crippen LogP contribution in [0.3, 0.4) is 0 Å². The third kappa shape index (κ3) is 2.81. The quantitative estimate of drug-likeness (QED) is 0.900. The van der Waals surface area contributed by atoms with E-state index < -0.39 is 0 Å². The molecule has 2 N–H and O–H groups in total. The average molecular weight is 334 g/mol. The molecule has 0 radical (unpaired) electrons. The van der Waals surface area contributed by atoms with Crippen LogP contribution in [-0.4, -0.2) is 46.9 Å². The van der Waals surface area contributed by atoms with E-state index in [-0.39, 0.29) is 6.17 Å². The van der Waals surface area contributed by atoms with Crippen LogP contribution in [0.25, 0.3) is 0 Å². The molecule has 1 saturated carbocycles. The van der Waals surface area contributed by atoms with Crippen molar-refractivity contribution in [2.45, 2.75) is 24.9 Å². The highest BCUT2D eigenvalue weighted by Crippen LogP contribution is 2.47. The van der Waals surface area contributed by atoms with Crippen LogP contribution in [0.15, 0.2) is 41.9 Å². The molecule has 25 heavy (non-hydrogen) atoms. The summed E-state index contributed by atoms with van der Waals surface area (Å²) in [6.07, 6.45) is 10.2. The highest BCUT2D eigenvalue weighted by atomic mass is 15.3. The zero-order valence-corrected chi connectivity index (χ0v) is 14.2. The summed E-state index contributed by atoms with van der Waals surface area (Å²) in [5.41, 5.74) is 4.88. The standard InChI is InChI=1S/C19H22N6/c1-2-13(1)15-11-22-12-16-17(15)19(25-9-7-21-8-10-25)24-18(23-16)14-3-5-20-6-4-14/h3-6,11-13,19,21H,1-2,7-10H2,(H,23,24). The van der Waals surface area contributed by atoms with Crippen molar-refractivity contribution >= 4 is 11.5 Å². The number of piperazine rings is 1. The van der Waals surface area contributed by atoms with Gasteiger partial charge in [-0.25, -0.2) is 4.99 Å². The normalized spacial score (nSPS) is 23.5. The number of nitrogens with zero attached hydrogens (tertiary/aromatic N) is 4. The van der Waals surface area contributed by atoms with Crippen molar-refractivity contribution < 1.29 is 0 Å². The Morgan fingerprint density at radius 2 is 1.80 bits per heavy atom. The first-order valence-corrected chi connectivity index (χ1v) is 9.08. The summed E-state index contributed by atoms with van der Waals surface area (Å²) in [5, 5.41) is 6.97. The van der Waals surface area contributed by atoms with Gasteiger partial charge in [-0.1, -0.05) is 0 Å². The first-order chi connectivity index (χ1) is 12.4. The van der Waals surface area contributed by atoms with Crippen molar-refractivity contribution in [1.29, 1.82) is 0 Å². The second-order valence-electron chi connectivity index (χ2n) is 6.96. The van der Waals surface area contributed by atoms with Crippen molar-refractivity contribution in [3.8, 4) is 0 Å². The molecule has 2 aliphatic heterocycles. The third-order valence-corrected chi connectivity index (χ3v) is 5.25. The molecule has 1 atom stereocenters. The number of hydrogen-bond donors (Lipinski definition) is 2. The molecule has 5 rings (SSSR count). The van der Waals surface area contributed by atoms with Gasteiger partial charge in [0, 0.05) is 55.9 Å². The minimum absolute atomic E-state index is 0.0696. The first kappa shape index (κ1) is 15.0. The summed E-state index contributed by atoms with van der Waals surface area (Å²) in [5.74, 6) is 1.57. The summed E-state index contributed by atoms with van der Waals surface area (Å²) in [7, 11) is 0. The van der Waals surface area contributed by atoms with E-state index in [2.05, 4.69) is 31.7 Å². The van der Waals surface area contributed by atoms with Crippen LogP contribution >= 0.6 is 0 Å². The van der Waals surface area contributed by atoms with Gasteiger partial charge in [-0.15, -0.1) is 0 Å². The molecule has 128 valence electrons. The van der Waals surface area contributed by atoms with E-state index in [0.717, 1.165) is 43.3 Å². The van der Waals surface area contributed by atoms with Gasteiger partial charge in [0.05, 0.1) is 11.9 Å². The number of pyridine rings is 2. The summed E-state index contributed by atoms with van der Waals surface area (Å²) in [4.78, 5) is 16.3. The number of amidine groups is 1. The van der Waals surface area contributed by atoms with E-state index in [9.17, 15) is 0 Å². The second-order valence-corrected chi connectivity index (χ2v) is 6.96. The number of fused-ring (bicyclic) bond motifs is 1. The van der Waals surface area contributed by atoms with Crippen molar-refractivity contribution in [3.05, 3.63) is 53.6 Å². The van der Waals surface area contributed by atoms with Gasteiger partial charge in [0.1, 0.15) is 12.0 Å². The van der Waals surface area contributed by atoms with Crippen molar-refractivity contribution in [1.82, 2.24) is 20.2 Å². The molecule has 0 amide bonds. The lowest BCUT2D eigenvalue weighted by Gasteiger charge is -2.37. The molecular formula is C19H22N6. The highest BCUT2D eigenvalue weighted by Gasteiger charge is 2.35. The maximum atomic E-state index is 5.14. The van der Waals surface area contributed by atoms with E-state index in [1.54, 1.807) is 0 Å². The fourth-order valence-corrected chi connectivity index (χ4v) is 3.79. The lowest BCUT2D eigenvalue weighted by Crippen LogP contribution is -2.46. The predicted octanol–water partition coefficient (Wildman–Crippen LogP) is 2.13. The second kappa shape index (κ2) is 6.20. The summed E-state index contributed by atoms with van der Waals surface area (Å²) >= 11 is 0. The van der Waals surface area contributed by atoms with Crippen molar-refractivity contribution in [3.63, 3.8) is 0 Å². The molecule has 6 heteroatoms. The van der Waals surface area contributed by atoms with Crippen LogP contribution in [-0.2, 0) is 0 Å². The molecule has 0 bridgehead atoms. The molecular weight excluding hydrogens is 312 g/mol. The minimum Gasteiger partial charge on any atom is -0.338 e. The molecule has 2 aromatic heterocycles. The fraction of sp³-hybridized carbons (Fsp3) is 0.421. The van der Waals surface area contributed by atoms with E-state index in [1.165, 1.54) is 24.0 Å². The minimum atomic E-state index is 0.0696. The summed E-state index contributed by atoms with van der Waals surface area (Å²) < 4.78 is 0. The van der Waals surface area contributed by atoms with Gasteiger partial charge in [0.25, 0.3) is 0 Å². The van der Waals surface area contributed by atoms with Gasteiger partial charge in [-0.05, 0) is 36.5 Å². The van der Waals surface area contributed by atoms with Gasteiger partial charge in [-0.2, -0.15) is 0 Å². The Balaban J connectivity index is 1.60. The largest absolute Gasteiger partial charge is 0.338 e. The zero-order valence-electron chi connectivity index (χ0n) is 14.2. The molecule has 1 aliphatic carbocycles. The van der Waals surface area contributed by atoms with Gasteiger partial charge in [0.2, 0.25) is 0 Å². The Kier molecular flexibility index (Phi) is 3.72. The lowest BCUT2D eigenvalue weighted by molar-refractivity contribution is 0.178. The van der Waals surface area contributed by atoms with E-state index in [1.807, 2.05) is 30.7 Å². The van der Waals surface area contributed by atoms with Crippen LogP contribution in [0.1, 0.15) is 41.6 Å². The average Bonchev–Trinajstić information content (AvgIpc) is 3.53. The molecule has 6 nitrogen and oxygen atoms in total. The predicted molar refractivity (Wildman–Crippen MR) is 97.8 cm³/mol. The molecule has 0 spiro atoms. The van der Waals surface area contributed by atoms with Gasteiger partial charge in [0.15, 0.2) is 0 Å². The van der Waals surface area contributed by atoms with Crippen molar-refractivity contribution in [2.75, 3.05) is 31.5 Å². The summed E-state index contributed by atoms with van der Waals surface area (Å²) in [6.45, 7) is 4.07. The topological polar surface area (TPSA) is 65.4 Å². The smallest absolute Gasteiger partial charge is 0.134 e. The third-order valence-electron chi connectivity index (χ3n) is 5.25. The molecule has 0 aromatic carbocycles. The Morgan fingerprint density at radius 3 is 2.56 bits per heavy atom. The van der Waals surface area contributed by atoms with E-state index >= 15 is 0 Å². The van der Waals surface area contributed by atoms with Crippen LogP contribution in [0, 0.1) is 0 Å². The lowest BCUT2D eigenvalue weighted by atomic mass is 9.98. The fourth-order valence-electron chi connectivity index (χ4n) is 3.79. The van der Waals surface area contributed by atoms with Crippen molar-refractivity contribution in [2.24, 2.45) is 4.99 Å². The molecule has 2 aromatic rings. The van der Waals surface area contributed by atoms with Crippen LogP contribution in [0.5, 0.6) is 0 Å². The molecule has 1 unspecified atom stereocenters. The van der Waals surface area contributed by atoms with E-state index in [4.69, 9.17) is 4.99 Å². The van der Waals surface area contributed by atoms with Gasteiger partial charge in [-0.3, -0.25) is 14.9 Å². The van der Waals surface area contributed by atoms with Crippen LogP contribution in [0.2, 0.25) is 0 Å². The monoisotopic (exact) mass is 334 g/mol. The number of hydrogen-bond acceptors (Lipinski definition) is 6. The Labute approximate surface area is 147 Å². The first-order valence-electron chi connectivity index (χ1n) is 9.08. The van der Waals surface area contributed by atoms with Gasteiger partial charge < -0.3 is 10.6 Å². The summed E-state index contributed by atoms with van der Waals surface area (Å²) in [6, 6.07) is 4.01. The molecule has 2 fully saturated rings. The number of aromatic nitrogens is 2. The van der Waals surface area contributed by atoms with E-state index in [0.29, 0.717) is 5.92 Å². The Hall–Kier alpha value is -2.31. The van der Waals surface area contributed by atoms with Crippen LogP contribution in [0.4, 0.5) is 5.69 Å². The van der Waals surface area contributed by atoms with Gasteiger partial charge >= 0.3 is 0 Å². The molecule has 1 saturated heterocycles. The number of rotatable bonds is 3. The van der Waals surface area contributed by atoms with Crippen LogP contribution < -0.4 is 10.6 Å². The SMILES string of the molecule is c1cc(C2=NC(N3CCNCC3)c3c(cncc3C3CC3)N2)ccn1. The number of anilines is 1.